The lowest BCUT2D eigenvalue weighted by atomic mass is 10.1. The van der Waals surface area contributed by atoms with Crippen LogP contribution in [0.5, 0.6) is 0 Å². The summed E-state index contributed by atoms with van der Waals surface area (Å²) in [6, 6.07) is 15.0. The van der Waals surface area contributed by atoms with Gasteiger partial charge in [-0.1, -0.05) is 30.3 Å². The van der Waals surface area contributed by atoms with Gasteiger partial charge in [0.05, 0.1) is 6.26 Å². The molecular formula is C22H21N5O3. The minimum Gasteiger partial charge on any atom is -0.463 e. The first-order chi connectivity index (χ1) is 14.5. The Morgan fingerprint density at radius 1 is 1.17 bits per heavy atom. The molecule has 3 aromatic heterocycles. The van der Waals surface area contributed by atoms with Gasteiger partial charge in [0.2, 0.25) is 11.9 Å². The number of anilines is 1. The largest absolute Gasteiger partial charge is 0.463 e. The van der Waals surface area contributed by atoms with Gasteiger partial charge in [0.1, 0.15) is 11.5 Å². The van der Waals surface area contributed by atoms with Crippen LogP contribution in [0.1, 0.15) is 23.2 Å². The standard InChI is InChI=1S/C22H21N5O3/c1-14-15(2)23-22(25-21(14)29)27-19(13-17(26-27)18-9-6-12-30-18)24-20(28)11-10-16-7-4-3-5-8-16/h3-9,12-13H,10-11H2,1-2H3,(H,24,28)(H,23,25,29). The smallest absolute Gasteiger partial charge is 0.255 e. The molecule has 0 aliphatic carbocycles. The van der Waals surface area contributed by atoms with Crippen LogP contribution in [0.3, 0.4) is 0 Å². The Morgan fingerprint density at radius 2 is 1.97 bits per heavy atom. The van der Waals surface area contributed by atoms with E-state index in [9.17, 15) is 9.59 Å². The highest BCUT2D eigenvalue weighted by Crippen LogP contribution is 2.24. The summed E-state index contributed by atoms with van der Waals surface area (Å²) in [7, 11) is 0. The number of aromatic amines is 1. The van der Waals surface area contributed by atoms with Crippen LogP contribution in [0, 0.1) is 13.8 Å². The van der Waals surface area contributed by atoms with Crippen LogP contribution < -0.4 is 10.9 Å². The average Bonchev–Trinajstić information content (AvgIpc) is 3.41. The van der Waals surface area contributed by atoms with Gasteiger partial charge in [-0.3, -0.25) is 14.6 Å². The Labute approximate surface area is 172 Å². The number of hydrogen-bond donors (Lipinski definition) is 2. The second kappa shape index (κ2) is 8.20. The summed E-state index contributed by atoms with van der Waals surface area (Å²) in [5.41, 5.74) is 2.46. The normalized spacial score (nSPS) is 10.9. The Hall–Kier alpha value is -3.94. The van der Waals surface area contributed by atoms with Crippen molar-refractivity contribution in [2.75, 3.05) is 5.32 Å². The molecule has 8 nitrogen and oxygen atoms in total. The number of furan rings is 1. The molecule has 0 spiro atoms. The predicted octanol–water partition coefficient (Wildman–Crippen LogP) is 3.40. The fourth-order valence-electron chi connectivity index (χ4n) is 3.01. The van der Waals surface area contributed by atoms with E-state index in [1.54, 1.807) is 38.3 Å². The van der Waals surface area contributed by atoms with E-state index in [4.69, 9.17) is 4.42 Å². The highest BCUT2D eigenvalue weighted by atomic mass is 16.3. The fourth-order valence-corrected chi connectivity index (χ4v) is 3.01. The molecule has 8 heteroatoms. The van der Waals surface area contributed by atoms with Gasteiger partial charge in [-0.2, -0.15) is 9.78 Å². The molecule has 0 unspecified atom stereocenters. The second-order valence-corrected chi connectivity index (χ2v) is 6.94. The minimum atomic E-state index is -0.256. The van der Waals surface area contributed by atoms with Gasteiger partial charge in [-0.05, 0) is 38.0 Å². The van der Waals surface area contributed by atoms with Gasteiger partial charge in [0.15, 0.2) is 5.76 Å². The van der Waals surface area contributed by atoms with E-state index in [-0.39, 0.29) is 17.4 Å². The minimum absolute atomic E-state index is 0.169. The maximum Gasteiger partial charge on any atom is 0.255 e. The number of amides is 1. The van der Waals surface area contributed by atoms with Gasteiger partial charge >= 0.3 is 0 Å². The number of rotatable bonds is 6. The van der Waals surface area contributed by atoms with E-state index in [2.05, 4.69) is 20.4 Å². The third-order valence-corrected chi connectivity index (χ3v) is 4.82. The molecule has 0 aliphatic heterocycles. The summed E-state index contributed by atoms with van der Waals surface area (Å²) in [4.78, 5) is 31.9. The summed E-state index contributed by atoms with van der Waals surface area (Å²) in [6.07, 6.45) is 2.47. The van der Waals surface area contributed by atoms with Crippen molar-refractivity contribution in [2.24, 2.45) is 0 Å². The Bertz CT molecular complexity index is 1220. The summed E-state index contributed by atoms with van der Waals surface area (Å²) in [5.74, 6) is 0.988. The van der Waals surface area contributed by atoms with Gasteiger partial charge in [-0.15, -0.1) is 0 Å². The molecule has 3 heterocycles. The first-order valence-electron chi connectivity index (χ1n) is 9.57. The van der Waals surface area contributed by atoms with Crippen LogP contribution in [0.25, 0.3) is 17.4 Å². The number of nitrogens with one attached hydrogen (secondary N) is 2. The van der Waals surface area contributed by atoms with E-state index < -0.39 is 0 Å². The molecule has 1 aromatic carbocycles. The molecule has 0 fully saturated rings. The van der Waals surface area contributed by atoms with Crippen molar-refractivity contribution in [3.05, 3.63) is 82.0 Å². The molecular weight excluding hydrogens is 382 g/mol. The summed E-state index contributed by atoms with van der Waals surface area (Å²) in [6.45, 7) is 3.46. The van der Waals surface area contributed by atoms with Crippen molar-refractivity contribution in [1.82, 2.24) is 19.7 Å². The SMILES string of the molecule is Cc1nc(-n2nc(-c3ccco3)cc2NC(=O)CCc2ccccc2)[nH]c(=O)c1C. The molecule has 2 N–H and O–H groups in total. The number of carbonyl (C=O) groups excluding carboxylic acids is 1. The number of aryl methyl sites for hydroxylation is 2. The Morgan fingerprint density at radius 3 is 2.67 bits per heavy atom. The second-order valence-electron chi connectivity index (χ2n) is 6.94. The fraction of sp³-hybridized carbons (Fsp3) is 0.182. The van der Waals surface area contributed by atoms with Crippen LogP contribution in [0.2, 0.25) is 0 Å². The highest BCUT2D eigenvalue weighted by Gasteiger charge is 2.17. The third-order valence-electron chi connectivity index (χ3n) is 4.82. The number of nitrogens with zero attached hydrogens (tertiary/aromatic N) is 3. The molecule has 0 radical (unpaired) electrons. The predicted molar refractivity (Wildman–Crippen MR) is 113 cm³/mol. The molecule has 4 rings (SSSR count). The number of hydrogen-bond acceptors (Lipinski definition) is 5. The topological polar surface area (TPSA) is 106 Å². The number of carbonyl (C=O) groups is 1. The molecule has 0 saturated carbocycles. The Balaban J connectivity index is 1.64. The quantitative estimate of drug-likeness (QED) is 0.513. The zero-order chi connectivity index (χ0) is 21.1. The maximum absolute atomic E-state index is 12.6. The van der Waals surface area contributed by atoms with Gasteiger partial charge in [0.25, 0.3) is 5.56 Å². The molecule has 4 aromatic rings. The summed E-state index contributed by atoms with van der Waals surface area (Å²) < 4.78 is 6.83. The van der Waals surface area contributed by atoms with Crippen molar-refractivity contribution >= 4 is 11.7 Å². The third kappa shape index (κ3) is 4.07. The van der Waals surface area contributed by atoms with Gasteiger partial charge in [0, 0.05) is 23.7 Å². The van der Waals surface area contributed by atoms with E-state index in [0.29, 0.717) is 41.4 Å². The molecule has 0 bridgehead atoms. The van der Waals surface area contributed by atoms with Crippen molar-refractivity contribution in [3.63, 3.8) is 0 Å². The van der Waals surface area contributed by atoms with E-state index in [1.807, 2.05) is 30.3 Å². The van der Waals surface area contributed by atoms with Gasteiger partial charge in [-0.25, -0.2) is 4.98 Å². The van der Waals surface area contributed by atoms with Crippen molar-refractivity contribution < 1.29 is 9.21 Å². The van der Waals surface area contributed by atoms with E-state index >= 15 is 0 Å². The molecule has 1 amide bonds. The molecule has 152 valence electrons. The summed E-state index contributed by atoms with van der Waals surface area (Å²) in [5, 5.41) is 7.35. The van der Waals surface area contributed by atoms with Crippen LogP contribution in [0.4, 0.5) is 5.82 Å². The lowest BCUT2D eigenvalue weighted by Gasteiger charge is -2.09. The maximum atomic E-state index is 12.6. The average molecular weight is 403 g/mol. The molecule has 30 heavy (non-hydrogen) atoms. The molecule has 0 atom stereocenters. The zero-order valence-corrected chi connectivity index (χ0v) is 16.7. The monoisotopic (exact) mass is 403 g/mol. The lowest BCUT2D eigenvalue weighted by molar-refractivity contribution is -0.116. The Kier molecular flexibility index (Phi) is 5.30. The van der Waals surface area contributed by atoms with Crippen molar-refractivity contribution in [3.8, 4) is 17.4 Å². The van der Waals surface area contributed by atoms with Crippen LogP contribution in [-0.2, 0) is 11.2 Å². The van der Waals surface area contributed by atoms with Gasteiger partial charge < -0.3 is 9.73 Å². The summed E-state index contributed by atoms with van der Waals surface area (Å²) >= 11 is 0. The molecule has 0 saturated heterocycles. The van der Waals surface area contributed by atoms with E-state index in [0.717, 1.165) is 5.56 Å². The van der Waals surface area contributed by atoms with Crippen molar-refractivity contribution in [1.29, 1.82) is 0 Å². The van der Waals surface area contributed by atoms with Crippen molar-refractivity contribution in [2.45, 2.75) is 26.7 Å². The number of aromatic nitrogens is 4. The number of H-pyrrole nitrogens is 1. The molecule has 0 aliphatic rings. The van der Waals surface area contributed by atoms with Crippen LogP contribution >= 0.6 is 0 Å². The van der Waals surface area contributed by atoms with Crippen LogP contribution in [0.15, 0.2) is 64.0 Å². The lowest BCUT2D eigenvalue weighted by Crippen LogP contribution is -2.21. The first-order valence-corrected chi connectivity index (χ1v) is 9.57. The number of benzene rings is 1. The van der Waals surface area contributed by atoms with E-state index in [1.165, 1.54) is 4.68 Å². The van der Waals surface area contributed by atoms with Crippen LogP contribution in [-0.4, -0.2) is 25.7 Å². The zero-order valence-electron chi connectivity index (χ0n) is 16.7. The highest BCUT2D eigenvalue weighted by molar-refractivity contribution is 5.90. The first kappa shape index (κ1) is 19.4.